The number of nitrogens with two attached hydrogens (primary N) is 1. The van der Waals surface area contributed by atoms with Gasteiger partial charge in [-0.3, -0.25) is 4.79 Å². The van der Waals surface area contributed by atoms with Crippen LogP contribution in [0, 0.1) is 0 Å². The molecule has 2 N–H and O–H groups in total. The van der Waals surface area contributed by atoms with Crippen molar-refractivity contribution in [3.63, 3.8) is 0 Å². The number of thiophene rings is 1. The molecule has 0 saturated carbocycles. The Kier molecular flexibility index (Phi) is 3.92. The van der Waals surface area contributed by atoms with Gasteiger partial charge in [0.15, 0.2) is 0 Å². The smallest absolute Gasteiger partial charge is 0.306 e. The van der Waals surface area contributed by atoms with Crippen LogP contribution in [0.2, 0.25) is 0 Å². The Morgan fingerprint density at radius 3 is 3.00 bits per heavy atom. The van der Waals surface area contributed by atoms with Gasteiger partial charge >= 0.3 is 5.97 Å². The molecule has 0 radical (unpaired) electrons. The van der Waals surface area contributed by atoms with Crippen LogP contribution in [0.25, 0.3) is 0 Å². The average molecular weight is 199 g/mol. The standard InChI is InChI=1S/C9H13NO2S/c1-12-9(11)4-8(5-10)7-2-3-13-6-7/h2-3,6,8H,4-5,10H2,1H3. The number of esters is 1. The zero-order valence-electron chi connectivity index (χ0n) is 7.53. The fraction of sp³-hybridized carbons (Fsp3) is 0.444. The van der Waals surface area contributed by atoms with Gasteiger partial charge < -0.3 is 10.5 Å². The van der Waals surface area contributed by atoms with E-state index in [9.17, 15) is 4.79 Å². The first-order valence-electron chi connectivity index (χ1n) is 4.07. The highest BCUT2D eigenvalue weighted by Gasteiger charge is 2.14. The second kappa shape index (κ2) is 4.99. The highest BCUT2D eigenvalue weighted by Crippen LogP contribution is 2.21. The molecule has 0 aromatic carbocycles. The zero-order chi connectivity index (χ0) is 9.68. The number of rotatable bonds is 4. The van der Waals surface area contributed by atoms with Crippen molar-refractivity contribution in [3.8, 4) is 0 Å². The highest BCUT2D eigenvalue weighted by atomic mass is 32.1. The Morgan fingerprint density at radius 1 is 1.77 bits per heavy atom. The highest BCUT2D eigenvalue weighted by molar-refractivity contribution is 7.07. The molecular formula is C9H13NO2S. The van der Waals surface area contributed by atoms with E-state index in [2.05, 4.69) is 4.74 Å². The van der Waals surface area contributed by atoms with E-state index in [4.69, 9.17) is 5.73 Å². The normalized spacial score (nSPS) is 12.5. The van der Waals surface area contributed by atoms with Crippen molar-refractivity contribution in [2.45, 2.75) is 12.3 Å². The lowest BCUT2D eigenvalue weighted by Gasteiger charge is -2.10. The Bertz CT molecular complexity index is 259. The third-order valence-electron chi connectivity index (χ3n) is 1.94. The maximum absolute atomic E-state index is 11.0. The molecule has 1 heterocycles. The fourth-order valence-electron chi connectivity index (χ4n) is 1.13. The molecule has 1 rings (SSSR count). The average Bonchev–Trinajstić information content (AvgIpc) is 2.66. The number of hydrogen-bond acceptors (Lipinski definition) is 4. The van der Waals surface area contributed by atoms with E-state index in [1.165, 1.54) is 7.11 Å². The van der Waals surface area contributed by atoms with Crippen LogP contribution in [0.15, 0.2) is 16.8 Å². The van der Waals surface area contributed by atoms with Gasteiger partial charge in [-0.2, -0.15) is 11.3 Å². The predicted octanol–water partition coefficient (Wildman–Crippen LogP) is 1.35. The second-order valence-corrected chi connectivity index (χ2v) is 3.55. The monoisotopic (exact) mass is 199 g/mol. The van der Waals surface area contributed by atoms with Gasteiger partial charge in [0.2, 0.25) is 0 Å². The molecule has 0 aliphatic heterocycles. The van der Waals surface area contributed by atoms with Crippen LogP contribution < -0.4 is 5.73 Å². The lowest BCUT2D eigenvalue weighted by atomic mass is 9.99. The van der Waals surface area contributed by atoms with Crippen molar-refractivity contribution in [2.24, 2.45) is 5.73 Å². The van der Waals surface area contributed by atoms with Gasteiger partial charge in [0.1, 0.15) is 0 Å². The van der Waals surface area contributed by atoms with Crippen molar-refractivity contribution in [3.05, 3.63) is 22.4 Å². The van der Waals surface area contributed by atoms with E-state index in [0.29, 0.717) is 13.0 Å². The topological polar surface area (TPSA) is 52.3 Å². The predicted molar refractivity (Wildman–Crippen MR) is 52.7 cm³/mol. The summed E-state index contributed by atoms with van der Waals surface area (Å²) in [6, 6.07) is 1.99. The van der Waals surface area contributed by atoms with E-state index in [1.807, 2.05) is 16.8 Å². The van der Waals surface area contributed by atoms with Gasteiger partial charge in [0.05, 0.1) is 13.5 Å². The molecule has 0 amide bonds. The molecule has 13 heavy (non-hydrogen) atoms. The lowest BCUT2D eigenvalue weighted by Crippen LogP contribution is -2.16. The molecule has 0 bridgehead atoms. The number of carbonyl (C=O) groups is 1. The van der Waals surface area contributed by atoms with Crippen LogP contribution in [0.3, 0.4) is 0 Å². The summed E-state index contributed by atoms with van der Waals surface area (Å²) in [6.07, 6.45) is 0.365. The lowest BCUT2D eigenvalue weighted by molar-refractivity contribution is -0.141. The van der Waals surface area contributed by atoms with E-state index < -0.39 is 0 Å². The maximum Gasteiger partial charge on any atom is 0.306 e. The molecule has 0 saturated heterocycles. The molecule has 0 fully saturated rings. The van der Waals surface area contributed by atoms with Crippen LogP contribution in [-0.4, -0.2) is 19.6 Å². The molecule has 0 aliphatic carbocycles. The fourth-order valence-corrected chi connectivity index (χ4v) is 1.87. The van der Waals surface area contributed by atoms with Crippen LogP contribution in [-0.2, 0) is 9.53 Å². The first-order chi connectivity index (χ1) is 6.27. The molecule has 1 unspecified atom stereocenters. The maximum atomic E-state index is 11.0. The van der Waals surface area contributed by atoms with Crippen molar-refractivity contribution in [2.75, 3.05) is 13.7 Å². The zero-order valence-corrected chi connectivity index (χ0v) is 8.34. The van der Waals surface area contributed by atoms with Crippen molar-refractivity contribution in [1.82, 2.24) is 0 Å². The van der Waals surface area contributed by atoms with Gasteiger partial charge in [-0.15, -0.1) is 0 Å². The summed E-state index contributed by atoms with van der Waals surface area (Å²) in [5.74, 6) is -0.111. The van der Waals surface area contributed by atoms with Gasteiger partial charge in [0.25, 0.3) is 0 Å². The minimum Gasteiger partial charge on any atom is -0.469 e. The first-order valence-corrected chi connectivity index (χ1v) is 5.01. The number of hydrogen-bond donors (Lipinski definition) is 1. The van der Waals surface area contributed by atoms with Gasteiger partial charge in [-0.05, 0) is 28.9 Å². The van der Waals surface area contributed by atoms with E-state index in [0.717, 1.165) is 5.56 Å². The molecule has 1 atom stereocenters. The molecular weight excluding hydrogens is 186 g/mol. The number of methoxy groups -OCH3 is 1. The Labute approximate surface area is 81.5 Å². The molecule has 0 spiro atoms. The van der Waals surface area contributed by atoms with Gasteiger partial charge in [-0.25, -0.2) is 0 Å². The van der Waals surface area contributed by atoms with Crippen molar-refractivity contribution in [1.29, 1.82) is 0 Å². The molecule has 4 heteroatoms. The van der Waals surface area contributed by atoms with Crippen LogP contribution >= 0.6 is 11.3 Å². The summed E-state index contributed by atoms with van der Waals surface area (Å²) < 4.78 is 4.59. The third-order valence-corrected chi connectivity index (χ3v) is 2.64. The number of ether oxygens (including phenoxy) is 1. The third kappa shape index (κ3) is 2.82. The summed E-state index contributed by atoms with van der Waals surface area (Å²) >= 11 is 1.61. The molecule has 1 aromatic rings. The minimum atomic E-state index is -0.207. The Hall–Kier alpha value is -0.870. The first kappa shape index (κ1) is 10.2. The van der Waals surface area contributed by atoms with E-state index >= 15 is 0 Å². The van der Waals surface area contributed by atoms with Gasteiger partial charge in [-0.1, -0.05) is 0 Å². The van der Waals surface area contributed by atoms with E-state index in [-0.39, 0.29) is 11.9 Å². The summed E-state index contributed by atoms with van der Waals surface area (Å²) in [7, 11) is 1.39. The summed E-state index contributed by atoms with van der Waals surface area (Å²) in [4.78, 5) is 11.0. The second-order valence-electron chi connectivity index (χ2n) is 2.77. The quantitative estimate of drug-likeness (QED) is 0.745. The molecule has 72 valence electrons. The summed E-state index contributed by atoms with van der Waals surface area (Å²) in [5.41, 5.74) is 6.69. The van der Waals surface area contributed by atoms with Crippen molar-refractivity contribution >= 4 is 17.3 Å². The van der Waals surface area contributed by atoms with E-state index in [1.54, 1.807) is 11.3 Å². The largest absolute Gasteiger partial charge is 0.469 e. The minimum absolute atomic E-state index is 0.0960. The van der Waals surface area contributed by atoms with Crippen LogP contribution in [0.1, 0.15) is 17.9 Å². The Balaban J connectivity index is 2.58. The summed E-state index contributed by atoms with van der Waals surface area (Å²) in [5, 5.41) is 4.00. The molecule has 0 aliphatic rings. The molecule has 3 nitrogen and oxygen atoms in total. The van der Waals surface area contributed by atoms with Crippen molar-refractivity contribution < 1.29 is 9.53 Å². The Morgan fingerprint density at radius 2 is 2.54 bits per heavy atom. The van der Waals surface area contributed by atoms with Gasteiger partial charge in [0, 0.05) is 5.92 Å². The summed E-state index contributed by atoms with van der Waals surface area (Å²) in [6.45, 7) is 0.478. The SMILES string of the molecule is COC(=O)CC(CN)c1ccsc1. The molecule has 1 aromatic heterocycles. The number of carbonyl (C=O) groups excluding carboxylic acids is 1. The van der Waals surface area contributed by atoms with Crippen LogP contribution in [0.5, 0.6) is 0 Å². The van der Waals surface area contributed by atoms with Crippen LogP contribution in [0.4, 0.5) is 0 Å².